The van der Waals surface area contributed by atoms with Crippen LogP contribution in [0.4, 0.5) is 5.95 Å². The molecule has 5 nitrogen and oxygen atoms in total. The van der Waals surface area contributed by atoms with Crippen molar-refractivity contribution in [3.05, 3.63) is 35.7 Å². The zero-order valence-corrected chi connectivity index (χ0v) is 12.0. The lowest BCUT2D eigenvalue weighted by molar-refractivity contribution is 0.416. The molecule has 0 atom stereocenters. The Morgan fingerprint density at radius 3 is 2.40 bits per heavy atom. The lowest BCUT2D eigenvalue weighted by Crippen LogP contribution is -2.11. The summed E-state index contributed by atoms with van der Waals surface area (Å²) in [6.07, 6.45) is 5.37. The van der Waals surface area contributed by atoms with Gasteiger partial charge in [-0.3, -0.25) is 4.90 Å². The molecule has 102 valence electrons. The number of aryl methyl sites for hydroxylation is 2. The fourth-order valence-corrected chi connectivity index (χ4v) is 2.13. The molecule has 5 heteroatoms. The first-order valence-corrected chi connectivity index (χ1v) is 6.18. The van der Waals surface area contributed by atoms with Gasteiger partial charge in [-0.25, -0.2) is 9.97 Å². The van der Waals surface area contributed by atoms with Crippen molar-refractivity contribution >= 4 is 5.95 Å². The Morgan fingerprint density at radius 2 is 1.85 bits per heavy atom. The molecule has 1 aromatic heterocycles. The first kappa shape index (κ1) is 13.8. The lowest BCUT2D eigenvalue weighted by atomic mass is 9.99. The number of methoxy groups -OCH3 is 1. The van der Waals surface area contributed by atoms with Gasteiger partial charge in [0.05, 0.1) is 7.11 Å². The average Bonchev–Trinajstić information content (AvgIpc) is 2.46. The van der Waals surface area contributed by atoms with Crippen molar-refractivity contribution in [1.82, 2.24) is 9.97 Å². The van der Waals surface area contributed by atoms with Gasteiger partial charge in [0.1, 0.15) is 5.75 Å². The molecule has 0 unspecified atom stereocenters. The van der Waals surface area contributed by atoms with Gasteiger partial charge in [0.15, 0.2) is 6.19 Å². The number of aromatic nitrogens is 2. The maximum atomic E-state index is 8.81. The summed E-state index contributed by atoms with van der Waals surface area (Å²) < 4.78 is 5.44. The highest BCUT2D eigenvalue weighted by atomic mass is 16.5. The second-order valence-electron chi connectivity index (χ2n) is 4.59. The molecular formula is C15H16N4O. The summed E-state index contributed by atoms with van der Waals surface area (Å²) >= 11 is 0. The Morgan fingerprint density at radius 1 is 1.20 bits per heavy atom. The average molecular weight is 268 g/mol. The van der Waals surface area contributed by atoms with Gasteiger partial charge in [0.25, 0.3) is 0 Å². The quantitative estimate of drug-likeness (QED) is 0.632. The SMILES string of the molecule is COc1cc(C)cc(C)c1-c1cnc(N(C)C#N)nc1. The molecule has 0 amide bonds. The van der Waals surface area contributed by atoms with E-state index in [1.807, 2.05) is 26.1 Å². The van der Waals surface area contributed by atoms with E-state index in [-0.39, 0.29) is 0 Å². The minimum Gasteiger partial charge on any atom is -0.496 e. The molecule has 1 heterocycles. The van der Waals surface area contributed by atoms with Crippen molar-refractivity contribution in [1.29, 1.82) is 5.26 Å². The molecule has 2 rings (SSSR count). The van der Waals surface area contributed by atoms with Crippen LogP contribution in [0, 0.1) is 25.3 Å². The highest BCUT2D eigenvalue weighted by molar-refractivity contribution is 5.73. The van der Waals surface area contributed by atoms with Crippen LogP contribution in [0.5, 0.6) is 5.75 Å². The summed E-state index contributed by atoms with van der Waals surface area (Å²) in [7, 11) is 3.27. The summed E-state index contributed by atoms with van der Waals surface area (Å²) in [5.41, 5.74) is 4.09. The van der Waals surface area contributed by atoms with E-state index in [0.717, 1.165) is 28.0 Å². The molecule has 20 heavy (non-hydrogen) atoms. The fraction of sp³-hybridized carbons (Fsp3) is 0.267. The molecule has 0 spiro atoms. The normalized spacial score (nSPS) is 9.95. The summed E-state index contributed by atoms with van der Waals surface area (Å²) in [6.45, 7) is 4.06. The third-order valence-corrected chi connectivity index (χ3v) is 3.04. The molecule has 0 radical (unpaired) electrons. The van der Waals surface area contributed by atoms with Gasteiger partial charge in [-0.15, -0.1) is 0 Å². The van der Waals surface area contributed by atoms with Crippen molar-refractivity contribution < 1.29 is 4.74 Å². The van der Waals surface area contributed by atoms with E-state index in [9.17, 15) is 0 Å². The monoisotopic (exact) mass is 268 g/mol. The summed E-state index contributed by atoms with van der Waals surface area (Å²) in [6, 6.07) is 4.07. The van der Waals surface area contributed by atoms with Crippen LogP contribution in [0.3, 0.4) is 0 Å². The Balaban J connectivity index is 2.50. The molecule has 0 saturated carbocycles. The lowest BCUT2D eigenvalue weighted by Gasteiger charge is -2.13. The molecule has 0 fully saturated rings. The standard InChI is InChI=1S/C15H16N4O/c1-10-5-11(2)14(13(6-10)20-4)12-7-17-15(18-8-12)19(3)9-16/h5-8H,1-4H3. The van der Waals surface area contributed by atoms with Crippen LogP contribution in [0.25, 0.3) is 11.1 Å². The fourth-order valence-electron chi connectivity index (χ4n) is 2.13. The predicted molar refractivity (Wildman–Crippen MR) is 77.5 cm³/mol. The maximum Gasteiger partial charge on any atom is 0.238 e. The first-order valence-electron chi connectivity index (χ1n) is 6.18. The first-order chi connectivity index (χ1) is 9.56. The number of nitriles is 1. The van der Waals surface area contributed by atoms with Gasteiger partial charge in [0, 0.05) is 30.6 Å². The van der Waals surface area contributed by atoms with Crippen LogP contribution >= 0.6 is 0 Å². The maximum absolute atomic E-state index is 8.81. The van der Waals surface area contributed by atoms with Crippen molar-refractivity contribution in [3.8, 4) is 23.1 Å². The molecule has 0 aliphatic heterocycles. The Kier molecular flexibility index (Phi) is 3.85. The smallest absolute Gasteiger partial charge is 0.238 e. The van der Waals surface area contributed by atoms with Crippen LogP contribution in [0.1, 0.15) is 11.1 Å². The third-order valence-electron chi connectivity index (χ3n) is 3.04. The number of nitrogens with zero attached hydrogens (tertiary/aromatic N) is 4. The Labute approximate surface area is 118 Å². The highest BCUT2D eigenvalue weighted by Crippen LogP contribution is 2.33. The number of hydrogen-bond donors (Lipinski definition) is 0. The number of anilines is 1. The topological polar surface area (TPSA) is 62.0 Å². The van der Waals surface area contributed by atoms with E-state index in [4.69, 9.17) is 10.00 Å². The Bertz CT molecular complexity index is 659. The van der Waals surface area contributed by atoms with E-state index in [1.54, 1.807) is 26.6 Å². The minimum atomic E-state index is 0.375. The zero-order chi connectivity index (χ0) is 14.7. The molecule has 0 aliphatic carbocycles. The molecule has 0 N–H and O–H groups in total. The molecule has 0 aliphatic rings. The van der Waals surface area contributed by atoms with Crippen molar-refractivity contribution in [3.63, 3.8) is 0 Å². The van der Waals surface area contributed by atoms with E-state index < -0.39 is 0 Å². The van der Waals surface area contributed by atoms with Crippen LogP contribution in [-0.2, 0) is 0 Å². The van der Waals surface area contributed by atoms with Crippen LogP contribution < -0.4 is 9.64 Å². The summed E-state index contributed by atoms with van der Waals surface area (Å²) in [4.78, 5) is 9.71. The van der Waals surface area contributed by atoms with Gasteiger partial charge >= 0.3 is 0 Å². The Hall–Kier alpha value is -2.61. The molecule has 0 saturated heterocycles. The summed E-state index contributed by atoms with van der Waals surface area (Å²) in [5.74, 6) is 1.17. The van der Waals surface area contributed by atoms with Gasteiger partial charge in [-0.2, -0.15) is 5.26 Å². The minimum absolute atomic E-state index is 0.375. The second kappa shape index (κ2) is 5.57. The molecule has 0 bridgehead atoms. The number of hydrogen-bond acceptors (Lipinski definition) is 5. The largest absolute Gasteiger partial charge is 0.496 e. The molecular weight excluding hydrogens is 252 g/mol. The highest BCUT2D eigenvalue weighted by Gasteiger charge is 2.12. The van der Waals surface area contributed by atoms with Crippen LogP contribution in [-0.4, -0.2) is 24.1 Å². The van der Waals surface area contributed by atoms with Gasteiger partial charge in [-0.1, -0.05) is 6.07 Å². The van der Waals surface area contributed by atoms with E-state index >= 15 is 0 Å². The van der Waals surface area contributed by atoms with Gasteiger partial charge in [0.2, 0.25) is 5.95 Å². The van der Waals surface area contributed by atoms with Crippen LogP contribution in [0.15, 0.2) is 24.5 Å². The van der Waals surface area contributed by atoms with Gasteiger partial charge in [-0.05, 0) is 31.0 Å². The number of ether oxygens (including phenoxy) is 1. The van der Waals surface area contributed by atoms with Crippen molar-refractivity contribution in [2.45, 2.75) is 13.8 Å². The van der Waals surface area contributed by atoms with E-state index in [0.29, 0.717) is 5.95 Å². The van der Waals surface area contributed by atoms with E-state index in [2.05, 4.69) is 16.0 Å². The van der Waals surface area contributed by atoms with E-state index in [1.165, 1.54) is 4.90 Å². The van der Waals surface area contributed by atoms with Gasteiger partial charge < -0.3 is 4.74 Å². The third kappa shape index (κ3) is 2.54. The number of benzene rings is 1. The van der Waals surface area contributed by atoms with Crippen molar-refractivity contribution in [2.24, 2.45) is 0 Å². The second-order valence-corrected chi connectivity index (χ2v) is 4.59. The summed E-state index contributed by atoms with van der Waals surface area (Å²) in [5, 5.41) is 8.81. The molecule has 1 aromatic carbocycles. The molecule has 2 aromatic rings. The zero-order valence-electron chi connectivity index (χ0n) is 12.0. The van der Waals surface area contributed by atoms with Crippen molar-refractivity contribution in [2.75, 3.05) is 19.1 Å². The van der Waals surface area contributed by atoms with Crippen LogP contribution in [0.2, 0.25) is 0 Å². The predicted octanol–water partition coefficient (Wildman–Crippen LogP) is 2.69. The number of rotatable bonds is 3.